The van der Waals surface area contributed by atoms with E-state index in [4.69, 9.17) is 9.47 Å². The molecule has 1 amide bonds. The van der Waals surface area contributed by atoms with E-state index in [1.165, 1.54) is 6.92 Å². The normalized spacial score (nSPS) is 21.2. The molecule has 200 valence electrons. The SMILES string of the molecule is CC(=O)c1cccc(NC(=O)c2cccc(C3O[C@H](CSCCO)[C@H](C)[C@H](c4ccc(CO)cc4)O3)c2)c1. The number of anilines is 1. The highest BCUT2D eigenvalue weighted by Crippen LogP contribution is 2.42. The van der Waals surface area contributed by atoms with Gasteiger partial charge in [-0.2, -0.15) is 11.8 Å². The zero-order chi connectivity index (χ0) is 27.1. The summed E-state index contributed by atoms with van der Waals surface area (Å²) < 4.78 is 12.9. The van der Waals surface area contributed by atoms with E-state index in [0.29, 0.717) is 28.3 Å². The highest BCUT2D eigenvalue weighted by molar-refractivity contribution is 7.99. The molecule has 0 aromatic heterocycles. The molecule has 7 nitrogen and oxygen atoms in total. The third kappa shape index (κ3) is 6.89. The van der Waals surface area contributed by atoms with Gasteiger partial charge in [-0.05, 0) is 42.3 Å². The van der Waals surface area contributed by atoms with Gasteiger partial charge in [0.25, 0.3) is 5.91 Å². The van der Waals surface area contributed by atoms with E-state index in [0.717, 1.165) is 16.7 Å². The van der Waals surface area contributed by atoms with Crippen LogP contribution >= 0.6 is 11.8 Å². The summed E-state index contributed by atoms with van der Waals surface area (Å²) in [6, 6.07) is 21.7. The number of hydrogen-bond acceptors (Lipinski definition) is 7. The van der Waals surface area contributed by atoms with Gasteiger partial charge in [0.2, 0.25) is 0 Å². The zero-order valence-corrected chi connectivity index (χ0v) is 22.3. The Balaban J connectivity index is 1.56. The topological polar surface area (TPSA) is 105 Å². The number of ketones is 1. The van der Waals surface area contributed by atoms with Crippen LogP contribution in [0.1, 0.15) is 63.6 Å². The molecule has 0 bridgehead atoms. The van der Waals surface area contributed by atoms with E-state index in [9.17, 15) is 19.8 Å². The Morgan fingerprint density at radius 3 is 2.37 bits per heavy atom. The smallest absolute Gasteiger partial charge is 0.255 e. The number of benzene rings is 3. The molecule has 3 aromatic carbocycles. The van der Waals surface area contributed by atoms with Crippen LogP contribution in [-0.2, 0) is 16.1 Å². The zero-order valence-electron chi connectivity index (χ0n) is 21.5. The lowest BCUT2D eigenvalue weighted by molar-refractivity contribution is -0.268. The van der Waals surface area contributed by atoms with Crippen LogP contribution in [0.4, 0.5) is 5.69 Å². The number of ether oxygens (including phenoxy) is 2. The summed E-state index contributed by atoms with van der Waals surface area (Å²) in [5.41, 5.74) is 4.04. The molecule has 0 saturated carbocycles. The fraction of sp³-hybridized carbons (Fsp3) is 0.333. The van der Waals surface area contributed by atoms with Crippen molar-refractivity contribution in [3.8, 4) is 0 Å². The average Bonchev–Trinajstić information content (AvgIpc) is 2.94. The fourth-order valence-electron chi connectivity index (χ4n) is 4.42. The quantitative estimate of drug-likeness (QED) is 0.244. The maximum atomic E-state index is 13.0. The van der Waals surface area contributed by atoms with Gasteiger partial charge in [0.15, 0.2) is 12.1 Å². The summed E-state index contributed by atoms with van der Waals surface area (Å²) in [7, 11) is 0. The molecule has 1 aliphatic heterocycles. The Labute approximate surface area is 227 Å². The first-order valence-electron chi connectivity index (χ1n) is 12.6. The van der Waals surface area contributed by atoms with Crippen LogP contribution in [0.3, 0.4) is 0 Å². The number of thioether (sulfide) groups is 1. The van der Waals surface area contributed by atoms with Crippen LogP contribution in [0.5, 0.6) is 0 Å². The molecule has 4 atom stereocenters. The first-order valence-corrected chi connectivity index (χ1v) is 13.8. The van der Waals surface area contributed by atoms with Crippen LogP contribution in [0.25, 0.3) is 0 Å². The van der Waals surface area contributed by atoms with Crippen molar-refractivity contribution in [1.82, 2.24) is 0 Å². The number of Topliss-reactive ketones (excluding diaryl/α,β-unsaturated/α-hetero) is 1. The molecule has 0 spiro atoms. The van der Waals surface area contributed by atoms with Crippen LogP contribution < -0.4 is 5.32 Å². The van der Waals surface area contributed by atoms with E-state index >= 15 is 0 Å². The first-order chi connectivity index (χ1) is 18.4. The van der Waals surface area contributed by atoms with Crippen molar-refractivity contribution in [3.05, 3.63) is 101 Å². The van der Waals surface area contributed by atoms with Crippen LogP contribution in [-0.4, -0.2) is 46.1 Å². The molecular weight excluding hydrogens is 502 g/mol. The number of hydrogen-bond donors (Lipinski definition) is 3. The number of carbonyl (C=O) groups excluding carboxylic acids is 2. The minimum atomic E-state index is -0.692. The van der Waals surface area contributed by atoms with E-state index in [2.05, 4.69) is 12.2 Å². The molecule has 0 aliphatic carbocycles. The van der Waals surface area contributed by atoms with Crippen molar-refractivity contribution in [2.45, 2.75) is 39.0 Å². The second-order valence-corrected chi connectivity index (χ2v) is 10.5. The van der Waals surface area contributed by atoms with Crippen LogP contribution in [0.15, 0.2) is 72.8 Å². The third-order valence-corrected chi connectivity index (χ3v) is 7.62. The fourth-order valence-corrected chi connectivity index (χ4v) is 5.33. The summed E-state index contributed by atoms with van der Waals surface area (Å²) in [6.07, 6.45) is -1.09. The number of aliphatic hydroxyl groups excluding tert-OH is 2. The van der Waals surface area contributed by atoms with Crippen LogP contribution in [0.2, 0.25) is 0 Å². The summed E-state index contributed by atoms with van der Waals surface area (Å²) in [6.45, 7) is 3.65. The Kier molecular flexibility index (Phi) is 9.71. The van der Waals surface area contributed by atoms with Gasteiger partial charge in [-0.3, -0.25) is 9.59 Å². The Morgan fingerprint density at radius 2 is 1.66 bits per heavy atom. The van der Waals surface area contributed by atoms with Crippen molar-refractivity contribution in [2.75, 3.05) is 23.4 Å². The Hall–Kier alpha value is -3.01. The maximum absolute atomic E-state index is 13.0. The minimum Gasteiger partial charge on any atom is -0.396 e. The Bertz CT molecular complexity index is 1250. The summed E-state index contributed by atoms with van der Waals surface area (Å²) in [4.78, 5) is 24.7. The van der Waals surface area contributed by atoms with E-state index in [1.807, 2.05) is 30.3 Å². The van der Waals surface area contributed by atoms with Gasteiger partial charge < -0.3 is 25.0 Å². The predicted octanol–water partition coefficient (Wildman–Crippen LogP) is 5.15. The van der Waals surface area contributed by atoms with E-state index in [-0.39, 0.29) is 43.0 Å². The van der Waals surface area contributed by atoms with Gasteiger partial charge >= 0.3 is 0 Å². The van der Waals surface area contributed by atoms with Gasteiger partial charge in [-0.15, -0.1) is 0 Å². The molecule has 0 radical (unpaired) electrons. The predicted molar refractivity (Wildman–Crippen MR) is 148 cm³/mol. The highest BCUT2D eigenvalue weighted by Gasteiger charge is 2.38. The molecule has 1 fully saturated rings. The van der Waals surface area contributed by atoms with Crippen molar-refractivity contribution in [1.29, 1.82) is 0 Å². The first kappa shape index (κ1) is 28.0. The van der Waals surface area contributed by atoms with Gasteiger partial charge in [0.05, 0.1) is 25.4 Å². The summed E-state index contributed by atoms with van der Waals surface area (Å²) in [5, 5.41) is 21.5. The van der Waals surface area contributed by atoms with Crippen molar-refractivity contribution in [2.24, 2.45) is 5.92 Å². The third-order valence-electron chi connectivity index (χ3n) is 6.59. The second-order valence-electron chi connectivity index (χ2n) is 9.34. The van der Waals surface area contributed by atoms with Crippen molar-refractivity contribution >= 4 is 29.1 Å². The molecular formula is C30H33NO6S. The number of aliphatic hydroxyl groups is 2. The summed E-state index contributed by atoms with van der Waals surface area (Å²) in [5.74, 6) is 0.977. The largest absolute Gasteiger partial charge is 0.396 e. The number of carbonyl (C=O) groups is 2. The van der Waals surface area contributed by atoms with E-state index in [1.54, 1.807) is 54.2 Å². The molecule has 1 heterocycles. The molecule has 1 saturated heterocycles. The van der Waals surface area contributed by atoms with Gasteiger partial charge in [-0.1, -0.05) is 55.5 Å². The van der Waals surface area contributed by atoms with Crippen molar-refractivity contribution in [3.63, 3.8) is 0 Å². The van der Waals surface area contributed by atoms with Crippen molar-refractivity contribution < 1.29 is 29.3 Å². The molecule has 8 heteroatoms. The molecule has 1 aliphatic rings. The Morgan fingerprint density at radius 1 is 0.921 bits per heavy atom. The highest BCUT2D eigenvalue weighted by atomic mass is 32.2. The maximum Gasteiger partial charge on any atom is 0.255 e. The number of nitrogens with one attached hydrogen (secondary N) is 1. The molecule has 3 N–H and O–H groups in total. The average molecular weight is 536 g/mol. The molecule has 4 rings (SSSR count). The van der Waals surface area contributed by atoms with Crippen LogP contribution in [0, 0.1) is 5.92 Å². The summed E-state index contributed by atoms with van der Waals surface area (Å²) >= 11 is 1.62. The lowest BCUT2D eigenvalue weighted by Crippen LogP contribution is -2.38. The van der Waals surface area contributed by atoms with Gasteiger partial charge in [0.1, 0.15) is 0 Å². The molecule has 1 unspecified atom stereocenters. The van der Waals surface area contributed by atoms with Gasteiger partial charge in [0, 0.05) is 39.8 Å². The second kappa shape index (κ2) is 13.2. The van der Waals surface area contributed by atoms with E-state index < -0.39 is 6.29 Å². The lowest BCUT2D eigenvalue weighted by atomic mass is 9.91. The number of amides is 1. The monoisotopic (exact) mass is 535 g/mol. The minimum absolute atomic E-state index is 0.0264. The lowest BCUT2D eigenvalue weighted by Gasteiger charge is -2.41. The number of rotatable bonds is 10. The standard InChI is InChI=1S/C30H33NO6S/c1-19-27(18-38-14-13-32)36-30(37-28(19)22-11-9-21(17-33)10-12-22)25-7-3-6-24(15-25)29(35)31-26-8-4-5-23(16-26)20(2)34/h3-12,15-16,19,27-28,30,32-33H,13-14,17-18H2,1-2H3,(H,31,35)/t19-,27+,28+,30?/m0/s1. The molecule has 38 heavy (non-hydrogen) atoms. The molecule has 3 aromatic rings. The van der Waals surface area contributed by atoms with Gasteiger partial charge in [-0.25, -0.2) is 0 Å².